The summed E-state index contributed by atoms with van der Waals surface area (Å²) in [6, 6.07) is 26.7. The Hall–Kier alpha value is -3.25. The van der Waals surface area contributed by atoms with E-state index in [9.17, 15) is 5.21 Å². The zero-order valence-electron chi connectivity index (χ0n) is 21.4. The number of benzene rings is 3. The van der Waals surface area contributed by atoms with E-state index in [0.29, 0.717) is 6.54 Å². The fourth-order valence-electron chi connectivity index (χ4n) is 5.14. The molecule has 3 aromatic carbocycles. The lowest BCUT2D eigenvalue weighted by Gasteiger charge is -2.36. The second kappa shape index (κ2) is 10.4. The molecule has 0 saturated carbocycles. The number of nitrogens with zero attached hydrogens (tertiary/aromatic N) is 4. The smallest absolute Gasteiger partial charge is 0.379 e. The van der Waals surface area contributed by atoms with Crippen molar-refractivity contribution in [3.8, 4) is 0 Å². The van der Waals surface area contributed by atoms with Gasteiger partial charge in [0.2, 0.25) is 5.71 Å². The second-order valence-electron chi connectivity index (χ2n) is 9.68. The van der Waals surface area contributed by atoms with Gasteiger partial charge in [0.25, 0.3) is 0 Å². The van der Waals surface area contributed by atoms with Crippen LogP contribution in [-0.4, -0.2) is 46.4 Å². The van der Waals surface area contributed by atoms with Crippen LogP contribution >= 0.6 is 11.8 Å². The largest absolute Gasteiger partial charge is 0.620 e. The molecule has 2 aliphatic heterocycles. The van der Waals surface area contributed by atoms with Crippen LogP contribution in [0.4, 0.5) is 5.69 Å². The minimum Gasteiger partial charge on any atom is -0.620 e. The molecule has 0 spiro atoms. The number of aryl methyl sites for hydroxylation is 2. The van der Waals surface area contributed by atoms with Crippen molar-refractivity contribution in [1.82, 2.24) is 4.90 Å². The molecule has 5 rings (SSSR count). The first-order chi connectivity index (χ1) is 17.5. The summed E-state index contributed by atoms with van der Waals surface area (Å²) >= 11 is 1.63. The molecular formula is C30H34N4OS. The van der Waals surface area contributed by atoms with E-state index < -0.39 is 5.79 Å². The number of piperidine rings is 1. The molecule has 1 atom stereocenters. The quantitative estimate of drug-likeness (QED) is 0.188. The van der Waals surface area contributed by atoms with Crippen molar-refractivity contribution in [2.45, 2.75) is 38.9 Å². The van der Waals surface area contributed by atoms with Crippen molar-refractivity contribution >= 4 is 28.3 Å². The maximum atomic E-state index is 14.6. The van der Waals surface area contributed by atoms with Crippen LogP contribution in [0.2, 0.25) is 0 Å². The highest BCUT2D eigenvalue weighted by molar-refractivity contribution is 8.13. The maximum absolute atomic E-state index is 14.6. The van der Waals surface area contributed by atoms with Gasteiger partial charge in [-0.1, -0.05) is 65.4 Å². The molecule has 1 fully saturated rings. The van der Waals surface area contributed by atoms with E-state index in [0.717, 1.165) is 58.4 Å². The van der Waals surface area contributed by atoms with E-state index in [2.05, 4.69) is 66.3 Å². The molecule has 1 unspecified atom stereocenters. The first-order valence-corrected chi connectivity index (χ1v) is 13.9. The predicted octanol–water partition coefficient (Wildman–Crippen LogP) is 6.14. The number of anilines is 1. The molecule has 2 aliphatic rings. The Kier molecular flexibility index (Phi) is 7.06. The molecule has 0 N–H and O–H groups in total. The number of rotatable bonds is 4. The van der Waals surface area contributed by atoms with Crippen LogP contribution in [0.15, 0.2) is 83.9 Å². The summed E-state index contributed by atoms with van der Waals surface area (Å²) in [5, 5.41) is 15.5. The van der Waals surface area contributed by atoms with Gasteiger partial charge in [-0.2, -0.15) is 9.73 Å². The summed E-state index contributed by atoms with van der Waals surface area (Å²) in [6.07, 6.45) is 5.62. The summed E-state index contributed by atoms with van der Waals surface area (Å²) < 4.78 is 1.16. The Morgan fingerprint density at radius 1 is 0.861 bits per heavy atom. The van der Waals surface area contributed by atoms with Crippen LogP contribution in [0.5, 0.6) is 0 Å². The minimum atomic E-state index is -1.24. The van der Waals surface area contributed by atoms with Crippen molar-refractivity contribution in [1.29, 1.82) is 0 Å². The fourth-order valence-corrected chi connectivity index (χ4v) is 5.80. The van der Waals surface area contributed by atoms with Gasteiger partial charge in [0.05, 0.1) is 5.56 Å². The van der Waals surface area contributed by atoms with Gasteiger partial charge >= 0.3 is 5.79 Å². The molecular weight excluding hydrogens is 464 g/mol. The highest BCUT2D eigenvalue weighted by Crippen LogP contribution is 2.41. The number of likely N-dealkylation sites (tertiary alicyclic amines) is 1. The van der Waals surface area contributed by atoms with Crippen molar-refractivity contribution in [3.63, 3.8) is 0 Å². The minimum absolute atomic E-state index is 0.468. The third-order valence-electron chi connectivity index (χ3n) is 7.16. The first-order valence-electron chi connectivity index (χ1n) is 12.7. The average Bonchev–Trinajstić information content (AvgIpc) is 3.22. The SMILES string of the molecule is CS/C(=N\C1(c2ccccc2)N(c2ccc(C)cc2)CC(c2ccc(C)cc2)=[N+]1[O-])N1CCCCC1. The number of thioether (sulfide) groups is 1. The van der Waals surface area contributed by atoms with Gasteiger partial charge in [-0.3, -0.25) is 4.90 Å². The van der Waals surface area contributed by atoms with E-state index in [1.54, 1.807) is 11.8 Å². The molecule has 186 valence electrons. The average molecular weight is 499 g/mol. The third-order valence-corrected chi connectivity index (χ3v) is 7.88. The molecule has 6 heteroatoms. The molecule has 0 radical (unpaired) electrons. The van der Waals surface area contributed by atoms with Crippen molar-refractivity contribution in [2.75, 3.05) is 30.8 Å². The Balaban J connectivity index is 1.76. The Morgan fingerprint density at radius 2 is 1.47 bits per heavy atom. The zero-order chi connectivity index (χ0) is 25.1. The molecule has 0 amide bonds. The van der Waals surface area contributed by atoms with Crippen molar-refractivity contribution in [3.05, 3.63) is 106 Å². The van der Waals surface area contributed by atoms with Crippen LogP contribution in [0, 0.1) is 19.1 Å². The fraction of sp³-hybridized carbons (Fsp3) is 0.333. The van der Waals surface area contributed by atoms with E-state index in [4.69, 9.17) is 4.99 Å². The number of hydrogen-bond donors (Lipinski definition) is 0. The number of amidine groups is 1. The second-order valence-corrected chi connectivity index (χ2v) is 10.4. The molecule has 3 aromatic rings. The molecule has 2 heterocycles. The van der Waals surface area contributed by atoms with Gasteiger partial charge < -0.3 is 10.1 Å². The van der Waals surface area contributed by atoms with Crippen LogP contribution in [-0.2, 0) is 5.79 Å². The monoisotopic (exact) mass is 498 g/mol. The van der Waals surface area contributed by atoms with E-state index in [1.807, 2.05) is 42.5 Å². The molecule has 5 nitrogen and oxygen atoms in total. The molecule has 0 aromatic heterocycles. The first kappa shape index (κ1) is 24.4. The normalized spacial score (nSPS) is 20.8. The summed E-state index contributed by atoms with van der Waals surface area (Å²) in [5.41, 5.74) is 5.87. The van der Waals surface area contributed by atoms with Gasteiger partial charge in [0, 0.05) is 24.3 Å². The summed E-state index contributed by atoms with van der Waals surface area (Å²) in [7, 11) is 0. The third kappa shape index (κ3) is 4.50. The predicted molar refractivity (Wildman–Crippen MR) is 152 cm³/mol. The number of hydroxylamine groups is 1. The Morgan fingerprint density at radius 3 is 2.08 bits per heavy atom. The highest BCUT2D eigenvalue weighted by Gasteiger charge is 2.55. The van der Waals surface area contributed by atoms with Gasteiger partial charge in [-0.25, -0.2) is 0 Å². The Bertz CT molecular complexity index is 1250. The highest BCUT2D eigenvalue weighted by atomic mass is 32.2. The topological polar surface area (TPSA) is 44.9 Å². The van der Waals surface area contributed by atoms with Crippen LogP contribution in [0.1, 0.15) is 41.5 Å². The summed E-state index contributed by atoms with van der Waals surface area (Å²) in [5.74, 6) is -1.24. The lowest BCUT2D eigenvalue weighted by Crippen LogP contribution is -2.48. The number of hydrogen-bond acceptors (Lipinski definition) is 4. The molecule has 0 bridgehead atoms. The van der Waals surface area contributed by atoms with Crippen molar-refractivity contribution in [2.24, 2.45) is 4.99 Å². The van der Waals surface area contributed by atoms with Crippen LogP contribution < -0.4 is 4.90 Å². The Labute approximate surface area is 218 Å². The zero-order valence-corrected chi connectivity index (χ0v) is 22.2. The van der Waals surface area contributed by atoms with Gasteiger partial charge in [-0.15, -0.1) is 0 Å². The summed E-state index contributed by atoms with van der Waals surface area (Å²) in [4.78, 5) is 9.92. The standard InChI is InChI=1S/C30H34N4OS/c1-23-12-16-25(17-13-23)28-22-33(27-18-14-24(2)15-19-27)30(34(28)35,26-10-6-4-7-11-26)31-29(36-3)32-20-8-5-9-21-32/h4,6-7,10-19H,5,8-9,20-22H2,1-3H3/b31-29-. The van der Waals surface area contributed by atoms with Gasteiger partial charge in [0.1, 0.15) is 6.54 Å². The van der Waals surface area contributed by atoms with E-state index in [-0.39, 0.29) is 0 Å². The van der Waals surface area contributed by atoms with Crippen molar-refractivity contribution < 1.29 is 4.74 Å². The molecule has 36 heavy (non-hydrogen) atoms. The van der Waals surface area contributed by atoms with Gasteiger partial charge in [-0.05, 0) is 75.8 Å². The van der Waals surface area contributed by atoms with Crippen LogP contribution in [0.25, 0.3) is 0 Å². The van der Waals surface area contributed by atoms with E-state index >= 15 is 0 Å². The summed E-state index contributed by atoms with van der Waals surface area (Å²) in [6.45, 7) is 6.57. The molecule has 0 aliphatic carbocycles. The lowest BCUT2D eigenvalue weighted by molar-refractivity contribution is -0.547. The van der Waals surface area contributed by atoms with Crippen LogP contribution in [0.3, 0.4) is 0 Å². The molecule has 1 saturated heterocycles. The maximum Gasteiger partial charge on any atom is 0.379 e. The lowest BCUT2D eigenvalue weighted by atomic mass is 10.1. The number of aliphatic imine (C=N–C) groups is 1. The van der Waals surface area contributed by atoms with E-state index in [1.165, 1.54) is 17.5 Å². The van der Waals surface area contributed by atoms with Gasteiger partial charge in [0.15, 0.2) is 5.17 Å².